The summed E-state index contributed by atoms with van der Waals surface area (Å²) in [6.07, 6.45) is 2.59. The van der Waals surface area contributed by atoms with Crippen molar-refractivity contribution in [3.8, 4) is 0 Å². The number of carbonyl (C=O) groups is 2. The molecule has 1 fully saturated rings. The molecular formula is C22H24N6O2S. The van der Waals surface area contributed by atoms with Gasteiger partial charge in [0.25, 0.3) is 11.8 Å². The summed E-state index contributed by atoms with van der Waals surface area (Å²) >= 11 is 1.30. The fraction of sp³-hybridized carbons (Fsp3) is 0.318. The zero-order valence-corrected chi connectivity index (χ0v) is 18.1. The molecule has 160 valence electrons. The van der Waals surface area contributed by atoms with Crippen molar-refractivity contribution < 1.29 is 9.59 Å². The van der Waals surface area contributed by atoms with Crippen LogP contribution in [0.2, 0.25) is 0 Å². The molecule has 1 N–H and O–H groups in total. The summed E-state index contributed by atoms with van der Waals surface area (Å²) in [5.41, 5.74) is 2.44. The molecule has 1 saturated heterocycles. The highest BCUT2D eigenvalue weighted by molar-refractivity contribution is 7.13. The van der Waals surface area contributed by atoms with Gasteiger partial charge in [-0.15, -0.1) is 10.2 Å². The summed E-state index contributed by atoms with van der Waals surface area (Å²) in [6.45, 7) is 5.45. The minimum atomic E-state index is -0.251. The molecule has 0 bridgehead atoms. The molecular weight excluding hydrogens is 412 g/mol. The lowest BCUT2D eigenvalue weighted by atomic mass is 10.1. The van der Waals surface area contributed by atoms with Gasteiger partial charge in [-0.3, -0.25) is 19.5 Å². The lowest BCUT2D eigenvalue weighted by Crippen LogP contribution is -2.48. The number of anilines is 1. The monoisotopic (exact) mass is 436 g/mol. The second-order valence-electron chi connectivity index (χ2n) is 7.29. The number of hydrogen-bond donors (Lipinski definition) is 1. The summed E-state index contributed by atoms with van der Waals surface area (Å²) < 4.78 is 0. The number of aromatic nitrogens is 3. The molecule has 0 unspecified atom stereocenters. The van der Waals surface area contributed by atoms with Gasteiger partial charge >= 0.3 is 0 Å². The highest BCUT2D eigenvalue weighted by Gasteiger charge is 2.24. The molecule has 3 aromatic rings. The van der Waals surface area contributed by atoms with Gasteiger partial charge in [0.15, 0.2) is 0 Å². The molecule has 1 aliphatic rings. The maximum Gasteiger partial charge on any atom is 0.286 e. The zero-order valence-electron chi connectivity index (χ0n) is 17.3. The number of pyridine rings is 1. The van der Waals surface area contributed by atoms with Crippen molar-refractivity contribution in [2.75, 3.05) is 31.5 Å². The maximum atomic E-state index is 12.5. The van der Waals surface area contributed by atoms with Crippen molar-refractivity contribution in [1.29, 1.82) is 0 Å². The molecule has 0 atom stereocenters. The minimum absolute atomic E-state index is 0.0397. The Kier molecular flexibility index (Phi) is 6.63. The smallest absolute Gasteiger partial charge is 0.286 e. The molecule has 2 amide bonds. The van der Waals surface area contributed by atoms with Crippen LogP contribution in [0.3, 0.4) is 0 Å². The number of rotatable bonds is 6. The zero-order chi connectivity index (χ0) is 21.6. The van der Waals surface area contributed by atoms with E-state index in [1.807, 2.05) is 35.2 Å². The average molecular weight is 437 g/mol. The Balaban J connectivity index is 1.28. The number of nitrogens with zero attached hydrogens (tertiary/aromatic N) is 5. The molecule has 0 saturated carbocycles. The van der Waals surface area contributed by atoms with Gasteiger partial charge in [-0.05, 0) is 36.2 Å². The number of benzene rings is 1. The first kappa shape index (κ1) is 21.1. The summed E-state index contributed by atoms with van der Waals surface area (Å²) in [7, 11) is 0. The predicted molar refractivity (Wildman–Crippen MR) is 119 cm³/mol. The lowest BCUT2D eigenvalue weighted by Gasteiger charge is -2.34. The number of hydrogen-bond acceptors (Lipinski definition) is 7. The molecule has 1 aliphatic heterocycles. The van der Waals surface area contributed by atoms with Crippen LogP contribution in [0, 0.1) is 0 Å². The standard InChI is InChI=1S/C22H24N6O2S/c1-2-16-6-8-17(9-7-16)24-20(29)21-26-25-19(31-21)15-27-11-13-28(14-12-27)22(30)18-5-3-4-10-23-18/h3-10H,2,11-15H2,1H3,(H,24,29). The Morgan fingerprint density at radius 3 is 2.48 bits per heavy atom. The van der Waals surface area contributed by atoms with Gasteiger partial charge in [-0.1, -0.05) is 36.5 Å². The second-order valence-corrected chi connectivity index (χ2v) is 8.35. The van der Waals surface area contributed by atoms with E-state index in [2.05, 4.69) is 32.3 Å². The van der Waals surface area contributed by atoms with E-state index < -0.39 is 0 Å². The first-order valence-electron chi connectivity index (χ1n) is 10.3. The Hall–Kier alpha value is -3.17. The topological polar surface area (TPSA) is 91.3 Å². The number of piperazine rings is 1. The van der Waals surface area contributed by atoms with Crippen molar-refractivity contribution in [2.45, 2.75) is 19.9 Å². The van der Waals surface area contributed by atoms with Gasteiger partial charge in [0.2, 0.25) is 5.01 Å². The second kappa shape index (κ2) is 9.76. The normalized spacial score (nSPS) is 14.4. The van der Waals surface area contributed by atoms with Crippen molar-refractivity contribution in [3.63, 3.8) is 0 Å². The maximum absolute atomic E-state index is 12.5. The molecule has 3 heterocycles. The number of nitrogens with one attached hydrogen (secondary N) is 1. The molecule has 2 aromatic heterocycles. The first-order chi connectivity index (χ1) is 15.1. The number of amides is 2. The number of aryl methyl sites for hydroxylation is 1. The summed E-state index contributed by atoms with van der Waals surface area (Å²) in [5.74, 6) is -0.291. The Morgan fingerprint density at radius 1 is 1.03 bits per heavy atom. The van der Waals surface area contributed by atoms with E-state index in [1.54, 1.807) is 18.3 Å². The fourth-order valence-electron chi connectivity index (χ4n) is 3.37. The van der Waals surface area contributed by atoms with Gasteiger partial charge in [-0.2, -0.15) is 0 Å². The molecule has 0 spiro atoms. The van der Waals surface area contributed by atoms with E-state index in [0.29, 0.717) is 30.3 Å². The van der Waals surface area contributed by atoms with Gasteiger partial charge in [0.1, 0.15) is 10.7 Å². The van der Waals surface area contributed by atoms with E-state index in [4.69, 9.17) is 0 Å². The van der Waals surface area contributed by atoms with Crippen LogP contribution in [0.25, 0.3) is 0 Å². The molecule has 9 heteroatoms. The Labute approximate surface area is 184 Å². The van der Waals surface area contributed by atoms with Crippen LogP contribution in [-0.4, -0.2) is 63.0 Å². The molecule has 0 aliphatic carbocycles. The first-order valence-corrected chi connectivity index (χ1v) is 11.1. The number of carbonyl (C=O) groups excluding carboxylic acids is 2. The van der Waals surface area contributed by atoms with Crippen LogP contribution >= 0.6 is 11.3 Å². The quantitative estimate of drug-likeness (QED) is 0.639. The van der Waals surface area contributed by atoms with Crippen LogP contribution in [0.1, 0.15) is 37.8 Å². The van der Waals surface area contributed by atoms with Crippen molar-refractivity contribution in [2.24, 2.45) is 0 Å². The van der Waals surface area contributed by atoms with E-state index in [0.717, 1.165) is 30.2 Å². The van der Waals surface area contributed by atoms with Crippen molar-refractivity contribution in [3.05, 3.63) is 69.9 Å². The molecule has 0 radical (unpaired) electrons. The third kappa shape index (κ3) is 5.31. The van der Waals surface area contributed by atoms with Crippen LogP contribution in [-0.2, 0) is 13.0 Å². The van der Waals surface area contributed by atoms with E-state index in [9.17, 15) is 9.59 Å². The largest absolute Gasteiger partial charge is 0.335 e. The molecule has 31 heavy (non-hydrogen) atoms. The third-order valence-electron chi connectivity index (χ3n) is 5.18. The van der Waals surface area contributed by atoms with Gasteiger partial charge in [0, 0.05) is 38.1 Å². The van der Waals surface area contributed by atoms with Crippen LogP contribution in [0.4, 0.5) is 5.69 Å². The average Bonchev–Trinajstić information content (AvgIpc) is 3.29. The van der Waals surface area contributed by atoms with Crippen LogP contribution in [0.5, 0.6) is 0 Å². The molecule has 4 rings (SSSR count). The van der Waals surface area contributed by atoms with Crippen molar-refractivity contribution >= 4 is 28.8 Å². The van der Waals surface area contributed by atoms with E-state index >= 15 is 0 Å². The Morgan fingerprint density at radius 2 is 1.81 bits per heavy atom. The fourth-order valence-corrected chi connectivity index (χ4v) is 4.15. The van der Waals surface area contributed by atoms with E-state index in [-0.39, 0.29) is 11.8 Å². The van der Waals surface area contributed by atoms with Crippen molar-refractivity contribution in [1.82, 2.24) is 25.0 Å². The van der Waals surface area contributed by atoms with Gasteiger partial charge in [-0.25, -0.2) is 0 Å². The van der Waals surface area contributed by atoms with E-state index in [1.165, 1.54) is 16.9 Å². The third-order valence-corrected chi connectivity index (χ3v) is 6.09. The SMILES string of the molecule is CCc1ccc(NC(=O)c2nnc(CN3CCN(C(=O)c4ccccn4)CC3)s2)cc1. The highest BCUT2D eigenvalue weighted by atomic mass is 32.1. The Bertz CT molecular complexity index is 1030. The van der Waals surface area contributed by atoms with Crippen LogP contribution in [0.15, 0.2) is 48.7 Å². The lowest BCUT2D eigenvalue weighted by molar-refractivity contribution is 0.0622. The van der Waals surface area contributed by atoms with Gasteiger partial charge < -0.3 is 10.2 Å². The van der Waals surface area contributed by atoms with Gasteiger partial charge in [0.05, 0.1) is 6.54 Å². The molecule has 1 aromatic carbocycles. The minimum Gasteiger partial charge on any atom is -0.335 e. The molecule has 8 nitrogen and oxygen atoms in total. The summed E-state index contributed by atoms with van der Waals surface area (Å²) in [4.78, 5) is 33.1. The summed E-state index contributed by atoms with van der Waals surface area (Å²) in [5, 5.41) is 12.2. The highest BCUT2D eigenvalue weighted by Crippen LogP contribution is 2.17. The van der Waals surface area contributed by atoms with Crippen LogP contribution < -0.4 is 5.32 Å². The summed E-state index contributed by atoms with van der Waals surface area (Å²) in [6, 6.07) is 13.1. The predicted octanol–water partition coefficient (Wildman–Crippen LogP) is 2.71.